The van der Waals surface area contributed by atoms with Crippen LogP contribution in [0.15, 0.2) is 30.3 Å². The van der Waals surface area contributed by atoms with Crippen molar-refractivity contribution in [2.45, 2.75) is 43.5 Å². The number of carbonyl (C=O) groups is 2. The van der Waals surface area contributed by atoms with Crippen molar-refractivity contribution in [2.24, 2.45) is 5.92 Å². The molecule has 5 rings (SSSR count). The monoisotopic (exact) mass is 532 g/mol. The molecule has 2 fully saturated rings. The van der Waals surface area contributed by atoms with Gasteiger partial charge in [0.25, 0.3) is 5.60 Å². The van der Waals surface area contributed by atoms with Gasteiger partial charge in [-0.2, -0.15) is 13.2 Å². The highest BCUT2D eigenvalue weighted by molar-refractivity contribution is 6.48. The maximum Gasteiger partial charge on any atom is 0.434 e. The van der Waals surface area contributed by atoms with E-state index in [1.807, 2.05) is 0 Å². The molecule has 1 heterocycles. The number of nitrogens with one attached hydrogen (secondary N) is 1. The Labute approximate surface area is 208 Å². The van der Waals surface area contributed by atoms with E-state index in [0.29, 0.717) is 12.8 Å². The zero-order valence-electron chi connectivity index (χ0n) is 17.5. The normalized spacial score (nSPS) is 24.2. The molecule has 2 aromatic carbocycles. The van der Waals surface area contributed by atoms with Gasteiger partial charge in [0.15, 0.2) is 0 Å². The smallest absolute Gasteiger partial charge is 0.426 e. The van der Waals surface area contributed by atoms with Crippen molar-refractivity contribution in [3.8, 4) is 0 Å². The summed E-state index contributed by atoms with van der Waals surface area (Å²) in [5, 5.41) is 2.58. The fraction of sp³-hybridized carbons (Fsp3) is 0.391. The minimum atomic E-state index is -4.95. The van der Waals surface area contributed by atoms with Crippen molar-refractivity contribution in [1.29, 1.82) is 0 Å². The van der Waals surface area contributed by atoms with Gasteiger partial charge in [-0.05, 0) is 61.1 Å². The van der Waals surface area contributed by atoms with Crippen LogP contribution in [0.1, 0.15) is 42.0 Å². The average molecular weight is 534 g/mol. The first-order valence-electron chi connectivity index (χ1n) is 10.7. The van der Waals surface area contributed by atoms with E-state index in [0.717, 1.165) is 41.0 Å². The number of rotatable bonds is 4. The van der Waals surface area contributed by atoms with Crippen molar-refractivity contribution >= 4 is 52.5 Å². The molecule has 0 bridgehead atoms. The van der Waals surface area contributed by atoms with E-state index in [2.05, 4.69) is 5.32 Å². The number of alkyl halides is 3. The highest BCUT2D eigenvalue weighted by Gasteiger charge is 2.65. The lowest BCUT2D eigenvalue weighted by molar-refractivity contribution is -0.250. The SMILES string of the molecule is O=C(NC1CCc2cc(N3CC(c4cc(Cl)c(Cl)c(Cl)c4)(C(F)(F)F)OC3=O)ccc21)C1CC1. The Balaban J connectivity index is 1.45. The Morgan fingerprint density at radius 2 is 1.76 bits per heavy atom. The average Bonchev–Trinajstić information content (AvgIpc) is 3.46. The highest BCUT2D eigenvalue weighted by Crippen LogP contribution is 2.50. The van der Waals surface area contributed by atoms with Gasteiger partial charge in [0.2, 0.25) is 5.91 Å². The van der Waals surface area contributed by atoms with Gasteiger partial charge in [-0.15, -0.1) is 0 Å². The Morgan fingerprint density at radius 3 is 2.38 bits per heavy atom. The molecular formula is C23H18Cl3F3N2O3. The van der Waals surface area contributed by atoms with E-state index < -0.39 is 30.0 Å². The van der Waals surface area contributed by atoms with Gasteiger partial charge in [0, 0.05) is 17.2 Å². The fourth-order valence-corrected chi connectivity index (χ4v) is 5.12. The minimum absolute atomic E-state index is 0.0281. The number of nitrogens with zero attached hydrogens (tertiary/aromatic N) is 1. The molecule has 2 aromatic rings. The van der Waals surface area contributed by atoms with E-state index in [-0.39, 0.29) is 38.6 Å². The summed E-state index contributed by atoms with van der Waals surface area (Å²) in [5.41, 5.74) is -1.34. The summed E-state index contributed by atoms with van der Waals surface area (Å²) in [4.78, 5) is 25.8. The van der Waals surface area contributed by atoms with Crippen LogP contribution in [-0.4, -0.2) is 24.7 Å². The highest BCUT2D eigenvalue weighted by atomic mass is 35.5. The molecule has 180 valence electrons. The summed E-state index contributed by atoms with van der Waals surface area (Å²) in [6, 6.07) is 6.86. The third-order valence-corrected chi connectivity index (χ3v) is 7.75. The van der Waals surface area contributed by atoms with Crippen LogP contribution in [0.4, 0.5) is 23.7 Å². The van der Waals surface area contributed by atoms with Crippen LogP contribution in [0.25, 0.3) is 0 Å². The molecule has 0 aromatic heterocycles. The van der Waals surface area contributed by atoms with E-state index >= 15 is 0 Å². The van der Waals surface area contributed by atoms with Gasteiger partial charge in [-0.25, -0.2) is 4.79 Å². The summed E-state index contributed by atoms with van der Waals surface area (Å²) in [5.74, 6) is 0.105. The Morgan fingerprint density at radius 1 is 1.09 bits per heavy atom. The van der Waals surface area contributed by atoms with Crippen molar-refractivity contribution in [3.05, 3.63) is 62.1 Å². The van der Waals surface area contributed by atoms with Gasteiger partial charge in [0.1, 0.15) is 0 Å². The number of cyclic esters (lactones) is 1. The van der Waals surface area contributed by atoms with Gasteiger partial charge >= 0.3 is 12.3 Å². The molecular weight excluding hydrogens is 516 g/mol. The molecule has 3 aliphatic rings. The zero-order chi connectivity index (χ0) is 24.4. The lowest BCUT2D eigenvalue weighted by atomic mass is 9.92. The maximum atomic E-state index is 14.3. The third kappa shape index (κ3) is 3.89. The Hall–Kier alpha value is -2.16. The molecule has 2 amide bonds. The van der Waals surface area contributed by atoms with Crippen LogP contribution < -0.4 is 10.2 Å². The molecule has 11 heteroatoms. The largest absolute Gasteiger partial charge is 0.434 e. The van der Waals surface area contributed by atoms with Gasteiger partial charge < -0.3 is 10.1 Å². The van der Waals surface area contributed by atoms with Crippen LogP contribution in [0, 0.1) is 5.92 Å². The van der Waals surface area contributed by atoms with Crippen LogP contribution in [0.3, 0.4) is 0 Å². The second kappa shape index (κ2) is 8.21. The van der Waals surface area contributed by atoms with Crippen molar-refractivity contribution < 1.29 is 27.5 Å². The van der Waals surface area contributed by atoms with Gasteiger partial charge in [0.05, 0.1) is 27.7 Å². The summed E-state index contributed by atoms with van der Waals surface area (Å²) >= 11 is 17.8. The van der Waals surface area contributed by atoms with Gasteiger partial charge in [-0.1, -0.05) is 40.9 Å². The molecule has 1 saturated carbocycles. The predicted octanol–water partition coefficient (Wildman–Crippen LogP) is 6.57. The first kappa shape index (κ1) is 23.6. The molecule has 1 aliphatic heterocycles. The van der Waals surface area contributed by atoms with Gasteiger partial charge in [-0.3, -0.25) is 9.69 Å². The number of aryl methyl sites for hydroxylation is 1. The summed E-state index contributed by atoms with van der Waals surface area (Å²) in [6.45, 7) is -0.815. The molecule has 0 radical (unpaired) electrons. The molecule has 1 saturated heterocycles. The third-order valence-electron chi connectivity index (χ3n) is 6.55. The summed E-state index contributed by atoms with van der Waals surface area (Å²) < 4.78 is 48.0. The topological polar surface area (TPSA) is 58.6 Å². The molecule has 34 heavy (non-hydrogen) atoms. The number of amides is 2. The van der Waals surface area contributed by atoms with Crippen LogP contribution >= 0.6 is 34.8 Å². The van der Waals surface area contributed by atoms with E-state index in [9.17, 15) is 22.8 Å². The standard InChI is InChI=1S/C23H18Cl3F3N2O3/c24-16-8-13(9-17(25)19(16)26)22(23(27,28)29)10-31(21(33)34-22)14-4-5-15-12(7-14)3-6-18(15)30-20(32)11-1-2-11/h4-5,7-9,11,18H,1-3,6,10H2,(H,30,32). The fourth-order valence-electron chi connectivity index (χ4n) is 4.53. The first-order valence-corrected chi connectivity index (χ1v) is 11.8. The summed E-state index contributed by atoms with van der Waals surface area (Å²) in [7, 11) is 0. The van der Waals surface area contributed by atoms with Crippen molar-refractivity contribution in [1.82, 2.24) is 5.32 Å². The molecule has 2 unspecified atom stereocenters. The molecule has 2 atom stereocenters. The predicted molar refractivity (Wildman–Crippen MR) is 121 cm³/mol. The lowest BCUT2D eigenvalue weighted by Crippen LogP contribution is -2.46. The van der Waals surface area contributed by atoms with E-state index in [4.69, 9.17) is 39.5 Å². The van der Waals surface area contributed by atoms with Crippen molar-refractivity contribution in [3.63, 3.8) is 0 Å². The quantitative estimate of drug-likeness (QED) is 0.452. The number of hydrogen-bond acceptors (Lipinski definition) is 3. The van der Waals surface area contributed by atoms with E-state index in [1.165, 1.54) is 0 Å². The number of hydrogen-bond donors (Lipinski definition) is 1. The number of benzene rings is 2. The summed E-state index contributed by atoms with van der Waals surface area (Å²) in [6.07, 6.45) is -2.98. The van der Waals surface area contributed by atoms with Crippen LogP contribution in [0.2, 0.25) is 15.1 Å². The number of carbonyl (C=O) groups excluding carboxylic acids is 2. The second-order valence-electron chi connectivity index (χ2n) is 8.79. The first-order chi connectivity index (χ1) is 16.0. The number of ether oxygens (including phenoxy) is 1. The number of fused-ring (bicyclic) bond motifs is 1. The number of anilines is 1. The molecule has 1 N–H and O–H groups in total. The van der Waals surface area contributed by atoms with Crippen molar-refractivity contribution in [2.75, 3.05) is 11.4 Å². The Kier molecular flexibility index (Phi) is 5.69. The van der Waals surface area contributed by atoms with Crippen LogP contribution in [-0.2, 0) is 21.6 Å². The van der Waals surface area contributed by atoms with Crippen LogP contribution in [0.5, 0.6) is 0 Å². The molecule has 5 nitrogen and oxygen atoms in total. The number of halogens is 6. The van der Waals surface area contributed by atoms with E-state index in [1.54, 1.807) is 18.2 Å². The second-order valence-corrected chi connectivity index (χ2v) is 9.98. The molecule has 2 aliphatic carbocycles. The molecule has 0 spiro atoms. The zero-order valence-corrected chi connectivity index (χ0v) is 19.8. The minimum Gasteiger partial charge on any atom is -0.426 e. The Bertz CT molecular complexity index is 1180. The maximum absolute atomic E-state index is 14.3. The lowest BCUT2D eigenvalue weighted by Gasteiger charge is -2.30.